The number of hydrogen-bond acceptors (Lipinski definition) is 2. The summed E-state index contributed by atoms with van der Waals surface area (Å²) in [5.41, 5.74) is 6.71. The molecule has 0 amide bonds. The zero-order valence-corrected chi connectivity index (χ0v) is 12.5. The minimum atomic E-state index is 0.243. The van der Waals surface area contributed by atoms with Crippen LogP contribution in [-0.2, 0) is 0 Å². The summed E-state index contributed by atoms with van der Waals surface area (Å²) in [6, 6.07) is 13.5. The molecule has 2 aromatic carbocycles. The fourth-order valence-electron chi connectivity index (χ4n) is 2.82. The molecule has 0 saturated heterocycles. The maximum atomic E-state index is 9.58. The normalized spacial score (nSPS) is 10.8. The minimum absolute atomic E-state index is 0.243. The van der Waals surface area contributed by atoms with Crippen molar-refractivity contribution in [2.75, 3.05) is 0 Å². The van der Waals surface area contributed by atoms with E-state index in [4.69, 9.17) is 0 Å². The first-order valence-corrected chi connectivity index (χ1v) is 6.98. The van der Waals surface area contributed by atoms with Gasteiger partial charge in [-0.05, 0) is 50.1 Å². The summed E-state index contributed by atoms with van der Waals surface area (Å²) < 4.78 is 1.79. The van der Waals surface area contributed by atoms with Crippen LogP contribution in [0, 0.1) is 20.8 Å². The molecule has 0 aliphatic heterocycles. The lowest BCUT2D eigenvalue weighted by atomic mass is 9.98. The van der Waals surface area contributed by atoms with Crippen LogP contribution in [0.2, 0.25) is 0 Å². The molecule has 1 N–H and O–H groups in total. The molecule has 0 aliphatic rings. The van der Waals surface area contributed by atoms with Gasteiger partial charge in [0.05, 0.1) is 11.4 Å². The molecule has 3 heteroatoms. The molecule has 0 radical (unpaired) electrons. The molecule has 0 unspecified atom stereocenters. The Balaban J connectivity index is 2.07. The quantitative estimate of drug-likeness (QED) is 0.764. The number of aryl methyl sites for hydroxylation is 3. The van der Waals surface area contributed by atoms with Crippen LogP contribution in [0.4, 0.5) is 0 Å². The van der Waals surface area contributed by atoms with Crippen LogP contribution in [0.25, 0.3) is 16.9 Å². The van der Waals surface area contributed by atoms with E-state index in [1.807, 2.05) is 24.4 Å². The Morgan fingerprint density at radius 2 is 1.67 bits per heavy atom. The van der Waals surface area contributed by atoms with E-state index in [0.717, 1.165) is 11.4 Å². The summed E-state index contributed by atoms with van der Waals surface area (Å²) in [7, 11) is 0. The lowest BCUT2D eigenvalue weighted by Crippen LogP contribution is -1.96. The highest BCUT2D eigenvalue weighted by Gasteiger charge is 2.10. The second kappa shape index (κ2) is 5.09. The largest absolute Gasteiger partial charge is 0.508 e. The molecular weight excluding hydrogens is 260 g/mol. The Morgan fingerprint density at radius 1 is 0.952 bits per heavy atom. The summed E-state index contributed by atoms with van der Waals surface area (Å²) in [5.74, 6) is 0.243. The third-order valence-corrected chi connectivity index (χ3v) is 3.62. The molecule has 0 bridgehead atoms. The third-order valence-electron chi connectivity index (χ3n) is 3.62. The summed E-state index contributed by atoms with van der Waals surface area (Å²) in [5, 5.41) is 14.2. The van der Waals surface area contributed by atoms with E-state index < -0.39 is 0 Å². The van der Waals surface area contributed by atoms with Gasteiger partial charge >= 0.3 is 0 Å². The average Bonchev–Trinajstić information content (AvgIpc) is 2.87. The smallest absolute Gasteiger partial charge is 0.117 e. The number of nitrogens with zero attached hydrogens (tertiary/aromatic N) is 2. The summed E-state index contributed by atoms with van der Waals surface area (Å²) >= 11 is 0. The van der Waals surface area contributed by atoms with Gasteiger partial charge < -0.3 is 5.11 Å². The fraction of sp³-hybridized carbons (Fsp3) is 0.167. The first-order chi connectivity index (χ1) is 10.0. The van der Waals surface area contributed by atoms with Gasteiger partial charge in [-0.15, -0.1) is 0 Å². The van der Waals surface area contributed by atoms with E-state index in [9.17, 15) is 5.11 Å². The van der Waals surface area contributed by atoms with Crippen molar-refractivity contribution >= 4 is 0 Å². The van der Waals surface area contributed by atoms with E-state index >= 15 is 0 Å². The molecular formula is C18H18N2O. The van der Waals surface area contributed by atoms with Gasteiger partial charge in [0.2, 0.25) is 0 Å². The number of rotatable bonds is 2. The molecule has 3 nitrogen and oxygen atoms in total. The second-order valence-electron chi connectivity index (χ2n) is 5.44. The summed E-state index contributed by atoms with van der Waals surface area (Å²) in [6.07, 6.45) is 1.92. The molecule has 0 saturated carbocycles. The molecule has 0 spiro atoms. The van der Waals surface area contributed by atoms with Crippen molar-refractivity contribution in [3.05, 3.63) is 65.4 Å². The number of benzene rings is 2. The third kappa shape index (κ3) is 2.55. The topological polar surface area (TPSA) is 38.0 Å². The number of aromatic nitrogens is 2. The summed E-state index contributed by atoms with van der Waals surface area (Å²) in [6.45, 7) is 6.33. The van der Waals surface area contributed by atoms with E-state index in [1.165, 1.54) is 22.3 Å². The molecule has 106 valence electrons. The predicted octanol–water partition coefficient (Wildman–Crippen LogP) is 4.17. The Labute approximate surface area is 124 Å². The van der Waals surface area contributed by atoms with Gasteiger partial charge in [0.1, 0.15) is 5.75 Å². The Kier molecular flexibility index (Phi) is 3.26. The van der Waals surface area contributed by atoms with Crippen LogP contribution < -0.4 is 0 Å². The Bertz CT molecular complexity index is 779. The Hall–Kier alpha value is -2.55. The van der Waals surface area contributed by atoms with Crippen LogP contribution in [0.3, 0.4) is 0 Å². The molecule has 1 heterocycles. The molecule has 1 aromatic heterocycles. The van der Waals surface area contributed by atoms with E-state index in [0.29, 0.717) is 0 Å². The van der Waals surface area contributed by atoms with Crippen molar-refractivity contribution in [1.29, 1.82) is 0 Å². The molecule has 0 fully saturated rings. The number of aromatic hydroxyl groups is 1. The first kappa shape index (κ1) is 13.4. The maximum absolute atomic E-state index is 9.58. The lowest BCUT2D eigenvalue weighted by molar-refractivity contribution is 0.475. The van der Waals surface area contributed by atoms with Crippen LogP contribution in [0.15, 0.2) is 48.7 Å². The lowest BCUT2D eigenvalue weighted by Gasteiger charge is -2.09. The second-order valence-corrected chi connectivity index (χ2v) is 5.44. The average molecular weight is 278 g/mol. The van der Waals surface area contributed by atoms with E-state index in [1.54, 1.807) is 16.8 Å². The number of hydrogen-bond donors (Lipinski definition) is 1. The molecule has 3 aromatic rings. The SMILES string of the molecule is Cc1cc(C)c(-c2ccn(-c3cccc(O)c3)n2)c(C)c1. The predicted molar refractivity (Wildman–Crippen MR) is 84.9 cm³/mol. The van der Waals surface area contributed by atoms with Crippen LogP contribution in [-0.4, -0.2) is 14.9 Å². The van der Waals surface area contributed by atoms with Gasteiger partial charge in [-0.1, -0.05) is 23.8 Å². The van der Waals surface area contributed by atoms with Crippen molar-refractivity contribution in [3.8, 4) is 22.7 Å². The van der Waals surface area contributed by atoms with Crippen molar-refractivity contribution in [2.45, 2.75) is 20.8 Å². The first-order valence-electron chi connectivity index (χ1n) is 6.98. The van der Waals surface area contributed by atoms with Gasteiger partial charge in [0.15, 0.2) is 0 Å². The monoisotopic (exact) mass is 278 g/mol. The highest BCUT2D eigenvalue weighted by Crippen LogP contribution is 2.27. The summed E-state index contributed by atoms with van der Waals surface area (Å²) in [4.78, 5) is 0. The van der Waals surface area contributed by atoms with Crippen molar-refractivity contribution in [1.82, 2.24) is 9.78 Å². The van der Waals surface area contributed by atoms with Gasteiger partial charge in [-0.25, -0.2) is 4.68 Å². The highest BCUT2D eigenvalue weighted by molar-refractivity contribution is 5.68. The Morgan fingerprint density at radius 3 is 2.33 bits per heavy atom. The zero-order valence-electron chi connectivity index (χ0n) is 12.5. The van der Waals surface area contributed by atoms with E-state index in [-0.39, 0.29) is 5.75 Å². The van der Waals surface area contributed by atoms with E-state index in [2.05, 4.69) is 38.0 Å². The van der Waals surface area contributed by atoms with Gasteiger partial charge in [0, 0.05) is 17.8 Å². The minimum Gasteiger partial charge on any atom is -0.508 e. The maximum Gasteiger partial charge on any atom is 0.117 e. The molecule has 0 aliphatic carbocycles. The van der Waals surface area contributed by atoms with Crippen LogP contribution in [0.1, 0.15) is 16.7 Å². The van der Waals surface area contributed by atoms with Crippen LogP contribution in [0.5, 0.6) is 5.75 Å². The zero-order chi connectivity index (χ0) is 15.0. The highest BCUT2D eigenvalue weighted by atomic mass is 16.3. The van der Waals surface area contributed by atoms with Crippen LogP contribution >= 0.6 is 0 Å². The number of phenolic OH excluding ortho intramolecular Hbond substituents is 1. The standard InChI is InChI=1S/C18H18N2O/c1-12-9-13(2)18(14(3)10-12)17-7-8-20(19-17)15-5-4-6-16(21)11-15/h4-11,21H,1-3H3. The fourth-order valence-corrected chi connectivity index (χ4v) is 2.82. The van der Waals surface area contributed by atoms with Crippen molar-refractivity contribution in [2.24, 2.45) is 0 Å². The number of phenols is 1. The molecule has 3 rings (SSSR count). The van der Waals surface area contributed by atoms with Gasteiger partial charge in [-0.2, -0.15) is 5.10 Å². The molecule has 21 heavy (non-hydrogen) atoms. The van der Waals surface area contributed by atoms with Crippen molar-refractivity contribution in [3.63, 3.8) is 0 Å². The van der Waals surface area contributed by atoms with Crippen molar-refractivity contribution < 1.29 is 5.11 Å². The molecule has 0 atom stereocenters. The van der Waals surface area contributed by atoms with Gasteiger partial charge in [-0.3, -0.25) is 0 Å². The van der Waals surface area contributed by atoms with Gasteiger partial charge in [0.25, 0.3) is 0 Å².